The molecular weight excluding hydrogens is 456 g/mol. The number of aromatic carboxylic acids is 1. The largest absolute Gasteiger partial charge is 0.508 e. The summed E-state index contributed by atoms with van der Waals surface area (Å²) in [6, 6.07) is 3.46. The number of aliphatic hydroxyl groups is 1. The lowest BCUT2D eigenvalue weighted by molar-refractivity contribution is -0.120. The minimum atomic E-state index is -1.36. The standard InChI is InChI=1S/C26H30O9/c1-3-5-6-8-18-23(25(31)32)19(30)13-21-24(18)34-20-12-17(29)10-14(22(20)26(33)35-21)9-16(28)11-15(27)7-4-2/h10,12-13,15,27,29-30H,3-9,11H2,1-2H3,(H,31,32)/t15-/m1/s1. The number of fused-ring (bicyclic) bond motifs is 2. The van der Waals surface area contributed by atoms with Crippen molar-refractivity contribution in [2.24, 2.45) is 0 Å². The molecule has 0 unspecified atom stereocenters. The molecular formula is C26H30O9. The summed E-state index contributed by atoms with van der Waals surface area (Å²) in [5.41, 5.74) is -0.111. The van der Waals surface area contributed by atoms with Crippen LogP contribution in [0.3, 0.4) is 0 Å². The third kappa shape index (κ3) is 5.92. The van der Waals surface area contributed by atoms with Gasteiger partial charge in [-0.25, -0.2) is 9.59 Å². The van der Waals surface area contributed by atoms with Crippen LogP contribution in [0.25, 0.3) is 0 Å². The van der Waals surface area contributed by atoms with Gasteiger partial charge >= 0.3 is 11.9 Å². The van der Waals surface area contributed by atoms with Crippen molar-refractivity contribution < 1.29 is 44.3 Å². The fourth-order valence-electron chi connectivity index (χ4n) is 4.25. The maximum absolute atomic E-state index is 13.1. The molecule has 1 heterocycles. The molecule has 0 bridgehead atoms. The van der Waals surface area contributed by atoms with Crippen molar-refractivity contribution in [1.82, 2.24) is 0 Å². The summed E-state index contributed by atoms with van der Waals surface area (Å²) >= 11 is 0. The van der Waals surface area contributed by atoms with Crippen LogP contribution >= 0.6 is 0 Å². The number of hydrogen-bond donors (Lipinski definition) is 4. The molecule has 0 saturated heterocycles. The molecule has 188 valence electrons. The molecule has 2 aromatic carbocycles. The number of carbonyl (C=O) groups excluding carboxylic acids is 2. The van der Waals surface area contributed by atoms with E-state index in [9.17, 15) is 34.8 Å². The van der Waals surface area contributed by atoms with Gasteiger partial charge in [0.2, 0.25) is 0 Å². The van der Waals surface area contributed by atoms with Crippen LogP contribution in [0.5, 0.6) is 28.7 Å². The Morgan fingerprint density at radius 2 is 1.74 bits per heavy atom. The number of rotatable bonds is 11. The van der Waals surface area contributed by atoms with E-state index >= 15 is 0 Å². The van der Waals surface area contributed by atoms with Crippen LogP contribution in [0.4, 0.5) is 0 Å². The van der Waals surface area contributed by atoms with Gasteiger partial charge in [0.15, 0.2) is 11.5 Å². The van der Waals surface area contributed by atoms with E-state index in [1.54, 1.807) is 0 Å². The Balaban J connectivity index is 2.07. The number of phenols is 2. The van der Waals surface area contributed by atoms with E-state index in [4.69, 9.17) is 9.47 Å². The van der Waals surface area contributed by atoms with Crippen LogP contribution in [0.15, 0.2) is 18.2 Å². The summed E-state index contributed by atoms with van der Waals surface area (Å²) in [7, 11) is 0. The zero-order chi connectivity index (χ0) is 25.7. The number of carboxylic acids is 1. The SMILES string of the molecule is CCCCCc1c2c(cc(O)c1C(=O)O)OC(=O)c1c(CC(=O)C[C@H](O)CCC)cc(O)cc1O2. The van der Waals surface area contributed by atoms with E-state index in [1.165, 1.54) is 12.1 Å². The number of hydrogen-bond acceptors (Lipinski definition) is 8. The van der Waals surface area contributed by atoms with E-state index in [-0.39, 0.29) is 70.3 Å². The first kappa shape index (κ1) is 26.0. The number of ether oxygens (including phenoxy) is 2. The summed E-state index contributed by atoms with van der Waals surface area (Å²) in [4.78, 5) is 37.5. The minimum Gasteiger partial charge on any atom is -0.508 e. The Kier molecular flexibility index (Phi) is 8.34. The first-order chi connectivity index (χ1) is 16.7. The van der Waals surface area contributed by atoms with Gasteiger partial charge in [-0.05, 0) is 30.9 Å². The lowest BCUT2D eigenvalue weighted by Gasteiger charge is -2.16. The Morgan fingerprint density at radius 3 is 2.40 bits per heavy atom. The average molecular weight is 487 g/mol. The number of benzene rings is 2. The van der Waals surface area contributed by atoms with Gasteiger partial charge in [0.05, 0.1) is 6.10 Å². The second kappa shape index (κ2) is 11.2. The van der Waals surface area contributed by atoms with Gasteiger partial charge in [0.25, 0.3) is 0 Å². The van der Waals surface area contributed by atoms with E-state index in [2.05, 4.69) is 0 Å². The van der Waals surface area contributed by atoms with E-state index in [0.717, 1.165) is 18.9 Å². The molecule has 3 rings (SSSR count). The van der Waals surface area contributed by atoms with Gasteiger partial charge in [-0.2, -0.15) is 0 Å². The molecule has 4 N–H and O–H groups in total. The fraction of sp³-hybridized carbons (Fsp3) is 0.423. The monoisotopic (exact) mass is 486 g/mol. The number of aromatic hydroxyl groups is 2. The number of carbonyl (C=O) groups is 3. The predicted octanol–water partition coefficient (Wildman–Crippen LogP) is 4.52. The molecule has 1 atom stereocenters. The zero-order valence-electron chi connectivity index (χ0n) is 19.8. The van der Waals surface area contributed by atoms with Crippen LogP contribution in [0.1, 0.15) is 84.2 Å². The molecule has 0 spiro atoms. The number of ketones is 1. The minimum absolute atomic E-state index is 0.0374. The molecule has 0 aliphatic carbocycles. The molecule has 0 radical (unpaired) electrons. The molecule has 0 amide bonds. The molecule has 9 heteroatoms. The summed E-state index contributed by atoms with van der Waals surface area (Å²) in [6.07, 6.45) is 2.54. The number of aliphatic hydroxyl groups excluding tert-OH is 1. The summed E-state index contributed by atoms with van der Waals surface area (Å²) in [5, 5.41) is 40.3. The van der Waals surface area contributed by atoms with Crippen molar-refractivity contribution in [3.63, 3.8) is 0 Å². The van der Waals surface area contributed by atoms with E-state index < -0.39 is 23.8 Å². The third-order valence-corrected chi connectivity index (χ3v) is 5.83. The lowest BCUT2D eigenvalue weighted by atomic mass is 9.97. The first-order valence-corrected chi connectivity index (χ1v) is 11.7. The second-order valence-corrected chi connectivity index (χ2v) is 8.67. The van der Waals surface area contributed by atoms with Gasteiger partial charge in [0.1, 0.15) is 34.2 Å². The topological polar surface area (TPSA) is 151 Å². The highest BCUT2D eigenvalue weighted by molar-refractivity contribution is 6.00. The number of Topliss-reactive ketones (excluding diaryl/α,β-unsaturated/α-hetero) is 1. The number of carboxylic acid groups (broad SMARTS) is 1. The van der Waals surface area contributed by atoms with Crippen LogP contribution in [-0.2, 0) is 17.6 Å². The highest BCUT2D eigenvalue weighted by atomic mass is 16.6. The lowest BCUT2D eigenvalue weighted by Crippen LogP contribution is -2.17. The highest BCUT2D eigenvalue weighted by Gasteiger charge is 2.32. The Morgan fingerprint density at radius 1 is 1.00 bits per heavy atom. The van der Waals surface area contributed by atoms with Gasteiger partial charge < -0.3 is 29.9 Å². The molecule has 1 aliphatic heterocycles. The van der Waals surface area contributed by atoms with Gasteiger partial charge in [-0.15, -0.1) is 0 Å². The molecule has 0 aromatic heterocycles. The summed E-state index contributed by atoms with van der Waals surface area (Å²) < 4.78 is 11.4. The quantitative estimate of drug-likeness (QED) is 0.204. The van der Waals surface area contributed by atoms with E-state index in [0.29, 0.717) is 19.3 Å². The zero-order valence-corrected chi connectivity index (χ0v) is 19.8. The van der Waals surface area contributed by atoms with Crippen molar-refractivity contribution in [3.8, 4) is 28.7 Å². The van der Waals surface area contributed by atoms with Crippen molar-refractivity contribution in [3.05, 3.63) is 40.5 Å². The average Bonchev–Trinajstić information content (AvgIpc) is 2.88. The van der Waals surface area contributed by atoms with Crippen LogP contribution in [-0.4, -0.2) is 44.3 Å². The molecule has 0 fully saturated rings. The normalized spacial score (nSPS) is 13.2. The third-order valence-electron chi connectivity index (χ3n) is 5.83. The van der Waals surface area contributed by atoms with E-state index in [1.807, 2.05) is 13.8 Å². The highest BCUT2D eigenvalue weighted by Crippen LogP contribution is 2.46. The Hall–Kier alpha value is -3.59. The molecule has 35 heavy (non-hydrogen) atoms. The Bertz CT molecular complexity index is 1140. The smallest absolute Gasteiger partial charge is 0.347 e. The van der Waals surface area contributed by atoms with Crippen LogP contribution < -0.4 is 9.47 Å². The molecule has 9 nitrogen and oxygen atoms in total. The number of unbranched alkanes of at least 4 members (excludes halogenated alkanes) is 2. The fourth-order valence-corrected chi connectivity index (χ4v) is 4.25. The summed E-state index contributed by atoms with van der Waals surface area (Å²) in [6.45, 7) is 3.88. The van der Waals surface area contributed by atoms with Crippen molar-refractivity contribution in [2.45, 2.75) is 71.3 Å². The summed E-state index contributed by atoms with van der Waals surface area (Å²) in [5.74, 6) is -3.68. The van der Waals surface area contributed by atoms with Crippen LogP contribution in [0.2, 0.25) is 0 Å². The molecule has 1 aliphatic rings. The van der Waals surface area contributed by atoms with Crippen molar-refractivity contribution in [1.29, 1.82) is 0 Å². The molecule has 0 saturated carbocycles. The second-order valence-electron chi connectivity index (χ2n) is 8.67. The molecule has 2 aromatic rings. The maximum atomic E-state index is 13.1. The predicted molar refractivity (Wildman–Crippen MR) is 126 cm³/mol. The first-order valence-electron chi connectivity index (χ1n) is 11.7. The van der Waals surface area contributed by atoms with Gasteiger partial charge in [0, 0.05) is 30.5 Å². The maximum Gasteiger partial charge on any atom is 0.347 e. The van der Waals surface area contributed by atoms with Crippen LogP contribution in [0, 0.1) is 0 Å². The van der Waals surface area contributed by atoms with Crippen molar-refractivity contribution >= 4 is 17.7 Å². The van der Waals surface area contributed by atoms with Gasteiger partial charge in [-0.3, -0.25) is 4.79 Å². The number of phenolic OH excluding ortho intramolecular Hbond substituents is 1. The van der Waals surface area contributed by atoms with Gasteiger partial charge in [-0.1, -0.05) is 33.1 Å². The number of esters is 1. The Labute approximate surface area is 202 Å². The van der Waals surface area contributed by atoms with Crippen molar-refractivity contribution in [2.75, 3.05) is 0 Å².